The highest BCUT2D eigenvalue weighted by atomic mass is 32.2. The first kappa shape index (κ1) is 21.8. The number of benzene rings is 1. The number of aromatic amines is 1. The van der Waals surface area contributed by atoms with E-state index in [1.54, 1.807) is 10.4 Å². The molecule has 3 aromatic rings. The van der Waals surface area contributed by atoms with Gasteiger partial charge in [0.15, 0.2) is 0 Å². The quantitative estimate of drug-likeness (QED) is 0.556. The lowest BCUT2D eigenvalue weighted by atomic mass is 10.1. The molecule has 8 heteroatoms. The SMILES string of the molecule is CCc1cc(-c2ccc(S(=O)(=O)N3CCCC3CNc3ccccc3)s2)c(C)[nH]c1=O. The third-order valence-corrected chi connectivity index (χ3v) is 9.28. The van der Waals surface area contributed by atoms with Gasteiger partial charge in [0.05, 0.1) is 0 Å². The Morgan fingerprint density at radius 3 is 2.71 bits per heavy atom. The first-order valence-electron chi connectivity index (χ1n) is 10.5. The van der Waals surface area contributed by atoms with Crippen LogP contribution in [0.1, 0.15) is 31.0 Å². The van der Waals surface area contributed by atoms with Gasteiger partial charge in [-0.15, -0.1) is 11.3 Å². The summed E-state index contributed by atoms with van der Waals surface area (Å²) in [7, 11) is -3.58. The van der Waals surface area contributed by atoms with Crippen molar-refractivity contribution < 1.29 is 8.42 Å². The molecule has 0 saturated carbocycles. The fraction of sp³-hybridized carbons (Fsp3) is 0.348. The summed E-state index contributed by atoms with van der Waals surface area (Å²) in [4.78, 5) is 15.8. The Balaban J connectivity index is 1.57. The summed E-state index contributed by atoms with van der Waals surface area (Å²) in [6, 6.07) is 15.2. The zero-order valence-electron chi connectivity index (χ0n) is 17.7. The molecule has 0 aliphatic carbocycles. The lowest BCUT2D eigenvalue weighted by molar-refractivity contribution is 0.400. The summed E-state index contributed by atoms with van der Waals surface area (Å²) < 4.78 is 28.8. The van der Waals surface area contributed by atoms with Crippen LogP contribution in [0.25, 0.3) is 10.4 Å². The molecule has 31 heavy (non-hydrogen) atoms. The summed E-state index contributed by atoms with van der Waals surface area (Å²) >= 11 is 1.26. The molecule has 1 saturated heterocycles. The summed E-state index contributed by atoms with van der Waals surface area (Å²) in [5.74, 6) is 0. The number of nitrogens with zero attached hydrogens (tertiary/aromatic N) is 1. The first-order valence-corrected chi connectivity index (χ1v) is 12.8. The Morgan fingerprint density at radius 2 is 1.97 bits per heavy atom. The van der Waals surface area contributed by atoms with Gasteiger partial charge in [0.25, 0.3) is 15.6 Å². The molecule has 1 fully saturated rings. The highest BCUT2D eigenvalue weighted by Crippen LogP contribution is 2.35. The second kappa shape index (κ2) is 8.98. The standard InChI is InChI=1S/C23H27N3O3S2/c1-3-17-14-20(16(2)25-23(17)27)21-11-12-22(30-21)31(28,29)26-13-7-10-19(26)15-24-18-8-5-4-6-9-18/h4-6,8-9,11-12,14,19,24H,3,7,10,13,15H2,1-2H3,(H,25,27). The molecule has 1 atom stereocenters. The summed E-state index contributed by atoms with van der Waals surface area (Å²) in [6.07, 6.45) is 2.33. The van der Waals surface area contributed by atoms with Gasteiger partial charge in [-0.25, -0.2) is 8.42 Å². The number of pyridine rings is 1. The fourth-order valence-corrected chi connectivity index (χ4v) is 7.23. The average molecular weight is 458 g/mol. The van der Waals surface area contributed by atoms with Crippen LogP contribution in [-0.4, -0.2) is 36.8 Å². The molecule has 1 aliphatic rings. The van der Waals surface area contributed by atoms with E-state index >= 15 is 0 Å². The number of H-pyrrole nitrogens is 1. The Hall–Kier alpha value is -2.42. The van der Waals surface area contributed by atoms with Gasteiger partial charge in [-0.1, -0.05) is 25.1 Å². The predicted molar refractivity (Wildman–Crippen MR) is 126 cm³/mol. The van der Waals surface area contributed by atoms with Gasteiger partial charge in [0.2, 0.25) is 0 Å². The monoisotopic (exact) mass is 457 g/mol. The van der Waals surface area contributed by atoms with Crippen molar-refractivity contribution in [3.8, 4) is 10.4 Å². The minimum Gasteiger partial charge on any atom is -0.383 e. The predicted octanol–water partition coefficient (Wildman–Crippen LogP) is 4.24. The van der Waals surface area contributed by atoms with E-state index in [1.165, 1.54) is 11.3 Å². The second-order valence-corrected chi connectivity index (χ2v) is 11.0. The van der Waals surface area contributed by atoms with E-state index < -0.39 is 10.0 Å². The van der Waals surface area contributed by atoms with Crippen LogP contribution in [0.2, 0.25) is 0 Å². The summed E-state index contributed by atoms with van der Waals surface area (Å²) in [5, 5.41) is 3.36. The van der Waals surface area contributed by atoms with Gasteiger partial charge in [0, 0.05) is 46.5 Å². The molecule has 0 radical (unpaired) electrons. The number of rotatable bonds is 7. The first-order chi connectivity index (χ1) is 14.9. The molecule has 1 aliphatic heterocycles. The van der Waals surface area contributed by atoms with Gasteiger partial charge in [-0.2, -0.15) is 4.31 Å². The number of nitrogens with one attached hydrogen (secondary N) is 2. The molecule has 2 aromatic heterocycles. The maximum absolute atomic E-state index is 13.4. The number of para-hydroxylation sites is 1. The number of aromatic nitrogens is 1. The molecule has 0 bridgehead atoms. The number of sulfonamides is 1. The molecular weight excluding hydrogens is 430 g/mol. The van der Waals surface area contributed by atoms with Crippen molar-refractivity contribution in [2.75, 3.05) is 18.4 Å². The van der Waals surface area contributed by atoms with Gasteiger partial charge >= 0.3 is 0 Å². The number of hydrogen-bond donors (Lipinski definition) is 2. The second-order valence-electron chi connectivity index (χ2n) is 7.79. The number of anilines is 1. The molecule has 1 aromatic carbocycles. The molecule has 4 rings (SSSR count). The fourth-order valence-electron chi connectivity index (χ4n) is 4.02. The van der Waals surface area contributed by atoms with Gasteiger partial charge in [0.1, 0.15) is 4.21 Å². The van der Waals surface area contributed by atoms with Crippen LogP contribution in [0.5, 0.6) is 0 Å². The third kappa shape index (κ3) is 4.46. The maximum atomic E-state index is 13.4. The van der Waals surface area contributed by atoms with E-state index in [2.05, 4.69) is 10.3 Å². The van der Waals surface area contributed by atoms with Gasteiger partial charge in [-0.05, 0) is 56.5 Å². The zero-order valence-corrected chi connectivity index (χ0v) is 19.4. The van der Waals surface area contributed by atoms with Crippen molar-refractivity contribution >= 4 is 27.0 Å². The molecule has 0 spiro atoms. The van der Waals surface area contributed by atoms with Gasteiger partial charge in [-0.3, -0.25) is 4.79 Å². The van der Waals surface area contributed by atoms with Crippen LogP contribution >= 0.6 is 11.3 Å². The zero-order chi connectivity index (χ0) is 22.0. The van der Waals surface area contributed by atoms with Crippen molar-refractivity contribution in [1.29, 1.82) is 0 Å². The van der Waals surface area contributed by atoms with E-state index in [0.717, 1.165) is 34.7 Å². The van der Waals surface area contributed by atoms with E-state index in [-0.39, 0.29) is 11.6 Å². The largest absolute Gasteiger partial charge is 0.383 e. The van der Waals surface area contributed by atoms with Crippen molar-refractivity contribution in [2.45, 2.75) is 43.4 Å². The number of thiophene rings is 1. The minimum atomic E-state index is -3.58. The minimum absolute atomic E-state index is 0.0720. The van der Waals surface area contributed by atoms with Crippen LogP contribution in [-0.2, 0) is 16.4 Å². The highest BCUT2D eigenvalue weighted by Gasteiger charge is 2.36. The van der Waals surface area contributed by atoms with Crippen molar-refractivity contribution in [3.05, 3.63) is 70.1 Å². The Morgan fingerprint density at radius 1 is 1.19 bits per heavy atom. The van der Waals surface area contributed by atoms with E-state index in [9.17, 15) is 13.2 Å². The van der Waals surface area contributed by atoms with Crippen LogP contribution in [0, 0.1) is 6.92 Å². The third-order valence-electron chi connectivity index (χ3n) is 5.74. The van der Waals surface area contributed by atoms with Crippen molar-refractivity contribution in [2.24, 2.45) is 0 Å². The van der Waals surface area contributed by atoms with Crippen molar-refractivity contribution in [1.82, 2.24) is 9.29 Å². The van der Waals surface area contributed by atoms with Gasteiger partial charge < -0.3 is 10.3 Å². The Bertz CT molecular complexity index is 1220. The van der Waals surface area contributed by atoms with E-state index in [0.29, 0.717) is 29.3 Å². The summed E-state index contributed by atoms with van der Waals surface area (Å²) in [5.41, 5.74) is 3.24. The lowest BCUT2D eigenvalue weighted by Gasteiger charge is -2.24. The van der Waals surface area contributed by atoms with E-state index in [4.69, 9.17) is 0 Å². The molecule has 2 N–H and O–H groups in total. The molecular formula is C23H27N3O3S2. The number of aryl methyl sites for hydroxylation is 2. The molecule has 6 nitrogen and oxygen atoms in total. The average Bonchev–Trinajstić information content (AvgIpc) is 3.44. The Kier molecular flexibility index (Phi) is 6.31. The normalized spacial score (nSPS) is 17.2. The molecule has 0 amide bonds. The smallest absolute Gasteiger partial charge is 0.252 e. The highest BCUT2D eigenvalue weighted by molar-refractivity contribution is 7.91. The molecule has 3 heterocycles. The van der Waals surface area contributed by atoms with Crippen LogP contribution in [0.4, 0.5) is 5.69 Å². The molecule has 1 unspecified atom stereocenters. The van der Waals surface area contributed by atoms with Crippen LogP contribution < -0.4 is 10.9 Å². The van der Waals surface area contributed by atoms with Crippen LogP contribution in [0.3, 0.4) is 0 Å². The van der Waals surface area contributed by atoms with Crippen LogP contribution in [0.15, 0.2) is 57.5 Å². The topological polar surface area (TPSA) is 82.3 Å². The Labute approximate surface area is 187 Å². The lowest BCUT2D eigenvalue weighted by Crippen LogP contribution is -2.39. The van der Waals surface area contributed by atoms with Crippen molar-refractivity contribution in [3.63, 3.8) is 0 Å². The van der Waals surface area contributed by atoms with E-state index in [1.807, 2.05) is 56.3 Å². The summed E-state index contributed by atoms with van der Waals surface area (Å²) in [6.45, 7) is 4.90. The number of hydrogen-bond acceptors (Lipinski definition) is 5. The molecule has 164 valence electrons. The maximum Gasteiger partial charge on any atom is 0.252 e.